The number of aryl methyl sites for hydroxylation is 2. The van der Waals surface area contributed by atoms with E-state index in [4.69, 9.17) is 23.0 Å². The molecule has 4 rings (SSSR count). The van der Waals surface area contributed by atoms with Gasteiger partial charge in [0.05, 0.1) is 11.1 Å². The summed E-state index contributed by atoms with van der Waals surface area (Å²) in [6, 6.07) is 12.8. The Morgan fingerprint density at radius 3 is 1.39 bits per heavy atom. The zero-order valence-corrected chi connectivity index (χ0v) is 17.7. The molecule has 2 heterocycles. The van der Waals surface area contributed by atoms with Crippen LogP contribution in [-0.4, -0.2) is 32.3 Å². The van der Waals surface area contributed by atoms with Gasteiger partial charge in [-0.25, -0.2) is 9.59 Å². The molecule has 0 spiro atoms. The molecule has 168 valence electrons. The van der Waals surface area contributed by atoms with Crippen LogP contribution in [0.1, 0.15) is 44.3 Å². The summed E-state index contributed by atoms with van der Waals surface area (Å²) in [6.07, 6.45) is 0. The summed E-state index contributed by atoms with van der Waals surface area (Å²) in [5, 5.41) is 14.9. The number of carbonyl (C=O) groups excluding carboxylic acids is 2. The fourth-order valence-electron chi connectivity index (χ4n) is 2.67. The van der Waals surface area contributed by atoms with Gasteiger partial charge >= 0.3 is 11.9 Å². The lowest BCUT2D eigenvalue weighted by Gasteiger charge is -2.08. The summed E-state index contributed by atoms with van der Waals surface area (Å²) in [5.74, 6) is 1.17. The third-order valence-electron chi connectivity index (χ3n) is 4.20. The highest BCUT2D eigenvalue weighted by Crippen LogP contribution is 2.23. The highest BCUT2D eigenvalue weighted by Gasteiger charge is 2.12. The van der Waals surface area contributed by atoms with Crippen LogP contribution in [-0.2, 0) is 22.7 Å². The van der Waals surface area contributed by atoms with Crippen LogP contribution in [0.4, 0.5) is 0 Å². The molecule has 0 N–H and O–H groups in total. The molecule has 11 nitrogen and oxygen atoms in total. The van der Waals surface area contributed by atoms with Gasteiger partial charge < -0.3 is 23.0 Å². The minimum atomic E-state index is -0.532. The molecular formula is C22H18N4O7. The Morgan fingerprint density at radius 1 is 0.667 bits per heavy atom. The molecule has 0 radical (unpaired) electrons. The molecular weight excluding hydrogens is 432 g/mol. The standard InChI is InChI=1S/C22H18N4O7/c1-13-23-25-19(31-13)11-29-21(27)15-3-7-17(8-4-15)33-18-9-5-16(6-10-18)22(28)30-12-20-26-24-14(2)32-20/h3-10H,11-12H2,1-2H3. The van der Waals surface area contributed by atoms with Crippen molar-refractivity contribution in [1.29, 1.82) is 0 Å². The van der Waals surface area contributed by atoms with Crippen LogP contribution in [0.15, 0.2) is 57.4 Å². The molecule has 2 aromatic carbocycles. The van der Waals surface area contributed by atoms with Crippen molar-refractivity contribution >= 4 is 11.9 Å². The van der Waals surface area contributed by atoms with Crippen molar-refractivity contribution in [3.63, 3.8) is 0 Å². The number of nitrogens with zero attached hydrogens (tertiary/aromatic N) is 4. The zero-order valence-electron chi connectivity index (χ0n) is 17.7. The normalized spacial score (nSPS) is 10.6. The van der Waals surface area contributed by atoms with Gasteiger partial charge in [-0.1, -0.05) is 0 Å². The van der Waals surface area contributed by atoms with Crippen molar-refractivity contribution in [3.8, 4) is 11.5 Å². The average Bonchev–Trinajstić information content (AvgIpc) is 3.44. The van der Waals surface area contributed by atoms with Crippen molar-refractivity contribution in [2.45, 2.75) is 27.1 Å². The van der Waals surface area contributed by atoms with Crippen LogP contribution >= 0.6 is 0 Å². The number of benzene rings is 2. The number of hydrogen-bond donors (Lipinski definition) is 0. The van der Waals surface area contributed by atoms with Gasteiger partial charge in [-0.2, -0.15) is 0 Å². The monoisotopic (exact) mass is 450 g/mol. The van der Waals surface area contributed by atoms with Crippen LogP contribution < -0.4 is 4.74 Å². The lowest BCUT2D eigenvalue weighted by Crippen LogP contribution is -2.05. The molecule has 0 amide bonds. The number of hydrogen-bond acceptors (Lipinski definition) is 11. The summed E-state index contributed by atoms with van der Waals surface area (Å²) in [7, 11) is 0. The molecule has 0 fully saturated rings. The Hall–Kier alpha value is -4.54. The van der Waals surface area contributed by atoms with Gasteiger partial charge in [0, 0.05) is 13.8 Å². The maximum absolute atomic E-state index is 12.1. The summed E-state index contributed by atoms with van der Waals surface area (Å²) in [6.45, 7) is 3.08. The van der Waals surface area contributed by atoms with Crippen molar-refractivity contribution in [2.75, 3.05) is 0 Å². The number of rotatable bonds is 8. The van der Waals surface area contributed by atoms with Crippen molar-refractivity contribution in [2.24, 2.45) is 0 Å². The summed E-state index contributed by atoms with van der Waals surface area (Å²) >= 11 is 0. The summed E-state index contributed by atoms with van der Waals surface area (Å²) in [5.41, 5.74) is 0.682. The SMILES string of the molecule is Cc1nnc(COC(=O)c2ccc(Oc3ccc(C(=O)OCc4nnc(C)o4)cc3)cc2)o1. The molecule has 0 aliphatic carbocycles. The third kappa shape index (κ3) is 5.79. The fourth-order valence-corrected chi connectivity index (χ4v) is 2.67. The zero-order chi connectivity index (χ0) is 23.2. The van der Waals surface area contributed by atoms with Crippen LogP contribution in [0.5, 0.6) is 11.5 Å². The van der Waals surface area contributed by atoms with Gasteiger partial charge in [0.1, 0.15) is 11.5 Å². The van der Waals surface area contributed by atoms with E-state index in [1.165, 1.54) is 0 Å². The van der Waals surface area contributed by atoms with Crippen LogP contribution in [0.2, 0.25) is 0 Å². The minimum Gasteiger partial charge on any atom is -0.457 e. The second-order valence-corrected chi connectivity index (χ2v) is 6.73. The van der Waals surface area contributed by atoms with E-state index >= 15 is 0 Å². The Morgan fingerprint density at radius 2 is 1.06 bits per heavy atom. The molecule has 0 saturated carbocycles. The maximum atomic E-state index is 12.1. The maximum Gasteiger partial charge on any atom is 0.338 e. The van der Waals surface area contributed by atoms with Gasteiger partial charge in [-0.3, -0.25) is 0 Å². The first-order chi connectivity index (χ1) is 16.0. The number of aromatic nitrogens is 4. The van der Waals surface area contributed by atoms with Gasteiger partial charge in [0.2, 0.25) is 11.8 Å². The lowest BCUT2D eigenvalue weighted by molar-refractivity contribution is 0.0429. The van der Waals surface area contributed by atoms with E-state index in [0.717, 1.165) is 0 Å². The Bertz CT molecular complexity index is 1150. The summed E-state index contributed by atoms with van der Waals surface area (Å²) in [4.78, 5) is 24.3. The average molecular weight is 450 g/mol. The largest absolute Gasteiger partial charge is 0.457 e. The number of esters is 2. The van der Waals surface area contributed by atoms with Gasteiger partial charge in [-0.05, 0) is 48.5 Å². The molecule has 33 heavy (non-hydrogen) atoms. The van der Waals surface area contributed by atoms with E-state index in [-0.39, 0.29) is 25.0 Å². The van der Waals surface area contributed by atoms with E-state index in [9.17, 15) is 9.59 Å². The molecule has 0 atom stereocenters. The number of ether oxygens (including phenoxy) is 3. The molecule has 4 aromatic rings. The third-order valence-corrected chi connectivity index (χ3v) is 4.20. The quantitative estimate of drug-likeness (QED) is 0.364. The minimum absolute atomic E-state index is 0.110. The molecule has 0 aliphatic rings. The van der Waals surface area contributed by atoms with Crippen molar-refractivity contribution in [3.05, 3.63) is 83.2 Å². The second kappa shape index (κ2) is 9.73. The van der Waals surface area contributed by atoms with E-state index in [0.29, 0.717) is 34.4 Å². The Kier molecular flexibility index (Phi) is 6.39. The molecule has 0 saturated heterocycles. The molecule has 2 aromatic heterocycles. The predicted octanol–water partition coefficient (Wildman–Crippen LogP) is 3.58. The van der Waals surface area contributed by atoms with Gasteiger partial charge in [-0.15, -0.1) is 20.4 Å². The summed E-state index contributed by atoms with van der Waals surface area (Å²) < 4.78 is 26.3. The topological polar surface area (TPSA) is 140 Å². The first-order valence-corrected chi connectivity index (χ1v) is 9.76. The molecule has 11 heteroatoms. The fraction of sp³-hybridized carbons (Fsp3) is 0.182. The van der Waals surface area contributed by atoms with Crippen LogP contribution in [0.3, 0.4) is 0 Å². The van der Waals surface area contributed by atoms with E-state index in [1.54, 1.807) is 62.4 Å². The predicted molar refractivity (Wildman–Crippen MR) is 109 cm³/mol. The highest BCUT2D eigenvalue weighted by molar-refractivity contribution is 5.90. The van der Waals surface area contributed by atoms with Gasteiger partial charge in [0.25, 0.3) is 11.8 Å². The van der Waals surface area contributed by atoms with Gasteiger partial charge in [0.15, 0.2) is 13.2 Å². The Balaban J connectivity index is 1.28. The molecule has 0 bridgehead atoms. The highest BCUT2D eigenvalue weighted by atomic mass is 16.5. The van der Waals surface area contributed by atoms with Crippen LogP contribution in [0.25, 0.3) is 0 Å². The Labute approximate surface area is 187 Å². The first kappa shape index (κ1) is 21.7. The second-order valence-electron chi connectivity index (χ2n) is 6.73. The lowest BCUT2D eigenvalue weighted by atomic mass is 10.2. The van der Waals surface area contributed by atoms with E-state index < -0.39 is 11.9 Å². The molecule has 0 unspecified atom stereocenters. The van der Waals surface area contributed by atoms with E-state index in [1.807, 2.05) is 0 Å². The smallest absolute Gasteiger partial charge is 0.338 e. The first-order valence-electron chi connectivity index (χ1n) is 9.76. The van der Waals surface area contributed by atoms with E-state index in [2.05, 4.69) is 20.4 Å². The van der Waals surface area contributed by atoms with Crippen molar-refractivity contribution in [1.82, 2.24) is 20.4 Å². The number of carbonyl (C=O) groups is 2. The van der Waals surface area contributed by atoms with Crippen LogP contribution in [0, 0.1) is 13.8 Å². The molecule has 0 aliphatic heterocycles. The van der Waals surface area contributed by atoms with Crippen molar-refractivity contribution < 1.29 is 32.6 Å².